The highest BCUT2D eigenvalue weighted by molar-refractivity contribution is 5.92. The molecule has 0 amide bonds. The van der Waals surface area contributed by atoms with Crippen LogP contribution in [0.3, 0.4) is 0 Å². The molecule has 4 nitrogen and oxygen atoms in total. The van der Waals surface area contributed by atoms with Gasteiger partial charge in [-0.2, -0.15) is 0 Å². The molecule has 1 saturated carbocycles. The van der Waals surface area contributed by atoms with Crippen molar-refractivity contribution >= 4 is 11.9 Å². The van der Waals surface area contributed by atoms with Gasteiger partial charge in [-0.05, 0) is 12.3 Å². The highest BCUT2D eigenvalue weighted by atomic mass is 16.5. The SMILES string of the molecule is C/C=C(\C(=O)OC)C1C(C(=O)O)C1(C)C. The van der Waals surface area contributed by atoms with Crippen LogP contribution in [0.1, 0.15) is 20.8 Å². The summed E-state index contributed by atoms with van der Waals surface area (Å²) in [5, 5.41) is 8.98. The lowest BCUT2D eigenvalue weighted by molar-refractivity contribution is -0.139. The molecule has 0 radical (unpaired) electrons. The third kappa shape index (κ3) is 1.76. The number of methoxy groups -OCH3 is 1. The Kier molecular flexibility index (Phi) is 2.88. The van der Waals surface area contributed by atoms with Gasteiger partial charge in [0.1, 0.15) is 0 Å². The molecular weight excluding hydrogens is 196 g/mol. The number of hydrogen-bond acceptors (Lipinski definition) is 3. The van der Waals surface area contributed by atoms with E-state index in [0.29, 0.717) is 5.57 Å². The van der Waals surface area contributed by atoms with Crippen LogP contribution in [0.4, 0.5) is 0 Å². The summed E-state index contributed by atoms with van der Waals surface area (Å²) in [6, 6.07) is 0. The van der Waals surface area contributed by atoms with E-state index >= 15 is 0 Å². The zero-order chi connectivity index (χ0) is 11.8. The number of carboxylic acid groups (broad SMARTS) is 1. The summed E-state index contributed by atoms with van der Waals surface area (Å²) in [4.78, 5) is 22.3. The van der Waals surface area contributed by atoms with Crippen LogP contribution in [0.25, 0.3) is 0 Å². The van der Waals surface area contributed by atoms with Crippen molar-refractivity contribution in [2.24, 2.45) is 17.3 Å². The molecule has 2 atom stereocenters. The Labute approximate surface area is 88.9 Å². The lowest BCUT2D eigenvalue weighted by Gasteiger charge is -2.05. The van der Waals surface area contributed by atoms with Crippen LogP contribution in [0.5, 0.6) is 0 Å². The van der Waals surface area contributed by atoms with Crippen molar-refractivity contribution in [3.63, 3.8) is 0 Å². The van der Waals surface area contributed by atoms with Gasteiger partial charge < -0.3 is 9.84 Å². The van der Waals surface area contributed by atoms with Gasteiger partial charge in [-0.1, -0.05) is 19.9 Å². The van der Waals surface area contributed by atoms with Crippen molar-refractivity contribution in [3.8, 4) is 0 Å². The second-order valence-corrected chi connectivity index (χ2v) is 4.35. The molecule has 0 aliphatic heterocycles. The van der Waals surface area contributed by atoms with E-state index in [-0.39, 0.29) is 11.3 Å². The smallest absolute Gasteiger partial charge is 0.333 e. The lowest BCUT2D eigenvalue weighted by Crippen LogP contribution is -2.10. The monoisotopic (exact) mass is 212 g/mol. The lowest BCUT2D eigenvalue weighted by atomic mass is 10.0. The van der Waals surface area contributed by atoms with Crippen molar-refractivity contribution in [3.05, 3.63) is 11.6 Å². The number of carbonyl (C=O) groups excluding carboxylic acids is 1. The highest BCUT2D eigenvalue weighted by Crippen LogP contribution is 2.61. The van der Waals surface area contributed by atoms with Crippen molar-refractivity contribution in [1.29, 1.82) is 0 Å². The summed E-state index contributed by atoms with van der Waals surface area (Å²) in [6.07, 6.45) is 1.64. The van der Waals surface area contributed by atoms with Crippen LogP contribution in [0.15, 0.2) is 11.6 Å². The van der Waals surface area contributed by atoms with Crippen molar-refractivity contribution < 1.29 is 19.4 Å². The Morgan fingerprint density at radius 2 is 1.87 bits per heavy atom. The van der Waals surface area contributed by atoms with Crippen molar-refractivity contribution in [1.82, 2.24) is 0 Å². The third-order valence-electron chi connectivity index (χ3n) is 3.16. The number of rotatable bonds is 3. The fourth-order valence-electron chi connectivity index (χ4n) is 2.22. The fourth-order valence-corrected chi connectivity index (χ4v) is 2.22. The zero-order valence-electron chi connectivity index (χ0n) is 9.40. The van der Waals surface area contributed by atoms with Crippen LogP contribution in [-0.4, -0.2) is 24.2 Å². The van der Waals surface area contributed by atoms with E-state index in [9.17, 15) is 9.59 Å². The predicted molar refractivity (Wildman–Crippen MR) is 54.2 cm³/mol. The highest BCUT2D eigenvalue weighted by Gasteiger charge is 2.64. The molecular formula is C11H16O4. The largest absolute Gasteiger partial charge is 0.481 e. The molecule has 1 aliphatic rings. The van der Waals surface area contributed by atoms with E-state index in [0.717, 1.165) is 0 Å². The van der Waals surface area contributed by atoms with Crippen LogP contribution >= 0.6 is 0 Å². The van der Waals surface area contributed by atoms with Gasteiger partial charge in [-0.3, -0.25) is 4.79 Å². The first kappa shape index (κ1) is 11.8. The van der Waals surface area contributed by atoms with Gasteiger partial charge in [-0.15, -0.1) is 0 Å². The fraction of sp³-hybridized carbons (Fsp3) is 0.636. The molecule has 0 saturated heterocycles. The molecule has 0 aromatic rings. The number of ether oxygens (including phenoxy) is 1. The second kappa shape index (κ2) is 3.68. The van der Waals surface area contributed by atoms with Crippen molar-refractivity contribution in [2.45, 2.75) is 20.8 Å². The minimum absolute atomic E-state index is 0.229. The summed E-state index contributed by atoms with van der Waals surface area (Å²) in [5.74, 6) is -2.00. The standard InChI is InChI=1S/C11H16O4/c1-5-6(10(14)15-4)7-8(9(12)13)11(7,2)3/h5,7-8H,1-4H3,(H,12,13)/b6-5-. The third-order valence-corrected chi connectivity index (χ3v) is 3.16. The normalized spacial score (nSPS) is 28.4. The molecule has 0 heterocycles. The Hall–Kier alpha value is -1.32. The first-order valence-electron chi connectivity index (χ1n) is 4.85. The molecule has 0 bridgehead atoms. The predicted octanol–water partition coefficient (Wildman–Crippen LogP) is 1.46. The number of carbonyl (C=O) groups is 2. The Balaban J connectivity index is 2.92. The molecule has 1 aliphatic carbocycles. The summed E-state index contributed by atoms with van der Waals surface area (Å²) < 4.78 is 4.63. The Morgan fingerprint density at radius 1 is 1.33 bits per heavy atom. The molecule has 84 valence electrons. The van der Waals surface area contributed by atoms with Gasteiger partial charge in [0, 0.05) is 11.5 Å². The molecule has 1 rings (SSSR count). The maximum absolute atomic E-state index is 11.4. The molecule has 0 aromatic carbocycles. The topological polar surface area (TPSA) is 63.6 Å². The summed E-state index contributed by atoms with van der Waals surface area (Å²) in [7, 11) is 1.30. The Morgan fingerprint density at radius 3 is 2.13 bits per heavy atom. The maximum Gasteiger partial charge on any atom is 0.333 e. The van der Waals surface area contributed by atoms with Crippen LogP contribution in [0, 0.1) is 17.3 Å². The van der Waals surface area contributed by atoms with Crippen molar-refractivity contribution in [2.75, 3.05) is 7.11 Å². The van der Waals surface area contributed by atoms with Crippen LogP contribution in [0.2, 0.25) is 0 Å². The van der Waals surface area contributed by atoms with Gasteiger partial charge in [0.25, 0.3) is 0 Å². The number of carboxylic acids is 1. The molecule has 0 spiro atoms. The Bertz CT molecular complexity index is 327. The minimum atomic E-state index is -0.853. The summed E-state index contributed by atoms with van der Waals surface area (Å²) in [6.45, 7) is 5.42. The summed E-state index contributed by atoms with van der Waals surface area (Å²) >= 11 is 0. The van der Waals surface area contributed by atoms with E-state index in [1.54, 1.807) is 13.0 Å². The van der Waals surface area contributed by atoms with Gasteiger partial charge >= 0.3 is 11.9 Å². The molecule has 1 N–H and O–H groups in total. The molecule has 1 fully saturated rings. The number of esters is 1. The zero-order valence-corrected chi connectivity index (χ0v) is 9.40. The molecule has 15 heavy (non-hydrogen) atoms. The molecule has 0 aromatic heterocycles. The number of hydrogen-bond donors (Lipinski definition) is 1. The quantitative estimate of drug-likeness (QED) is 0.568. The molecule has 4 heteroatoms. The number of allylic oxidation sites excluding steroid dienone is 1. The van der Waals surface area contributed by atoms with E-state index < -0.39 is 17.9 Å². The maximum atomic E-state index is 11.4. The van der Waals surface area contributed by atoms with E-state index in [1.807, 2.05) is 13.8 Å². The molecule has 2 unspecified atom stereocenters. The van der Waals surface area contributed by atoms with Gasteiger partial charge in [0.15, 0.2) is 0 Å². The number of aliphatic carboxylic acids is 1. The first-order valence-corrected chi connectivity index (χ1v) is 4.85. The average Bonchev–Trinajstić information content (AvgIpc) is 2.70. The van der Waals surface area contributed by atoms with Crippen LogP contribution < -0.4 is 0 Å². The van der Waals surface area contributed by atoms with E-state index in [1.165, 1.54) is 7.11 Å². The van der Waals surface area contributed by atoms with E-state index in [2.05, 4.69) is 4.74 Å². The average molecular weight is 212 g/mol. The van der Waals surface area contributed by atoms with Crippen LogP contribution in [-0.2, 0) is 14.3 Å². The first-order chi connectivity index (χ1) is 6.87. The van der Waals surface area contributed by atoms with Gasteiger partial charge in [-0.25, -0.2) is 4.79 Å². The van der Waals surface area contributed by atoms with E-state index in [4.69, 9.17) is 5.11 Å². The second-order valence-electron chi connectivity index (χ2n) is 4.35. The van der Waals surface area contributed by atoms with Gasteiger partial charge in [0.2, 0.25) is 0 Å². The minimum Gasteiger partial charge on any atom is -0.481 e. The summed E-state index contributed by atoms with van der Waals surface area (Å²) in [5.41, 5.74) is 0.108. The van der Waals surface area contributed by atoms with Gasteiger partial charge in [0.05, 0.1) is 13.0 Å².